The summed E-state index contributed by atoms with van der Waals surface area (Å²) in [6.07, 6.45) is 2.28. The SMILES string of the molecule is CC(C)C(C)NC(=O)C1CC12CCNC2.Cl. The van der Waals surface area contributed by atoms with Gasteiger partial charge in [0.25, 0.3) is 0 Å². The van der Waals surface area contributed by atoms with E-state index in [1.54, 1.807) is 0 Å². The van der Waals surface area contributed by atoms with Crippen molar-refractivity contribution in [1.29, 1.82) is 0 Å². The summed E-state index contributed by atoms with van der Waals surface area (Å²) in [7, 11) is 0. The zero-order valence-corrected chi connectivity index (χ0v) is 11.2. The molecule has 2 N–H and O–H groups in total. The van der Waals surface area contributed by atoms with Crippen LogP contribution in [0.2, 0.25) is 0 Å². The lowest BCUT2D eigenvalue weighted by Gasteiger charge is -2.18. The highest BCUT2D eigenvalue weighted by Gasteiger charge is 2.58. The van der Waals surface area contributed by atoms with Gasteiger partial charge in [-0.15, -0.1) is 12.4 Å². The predicted octanol–water partition coefficient (Wildman–Crippen LogP) is 1.57. The zero-order valence-electron chi connectivity index (χ0n) is 10.4. The van der Waals surface area contributed by atoms with Crippen molar-refractivity contribution in [2.75, 3.05) is 13.1 Å². The lowest BCUT2D eigenvalue weighted by atomic mass is 10.0. The highest BCUT2D eigenvalue weighted by molar-refractivity contribution is 5.85. The number of halogens is 1. The van der Waals surface area contributed by atoms with Crippen molar-refractivity contribution in [3.63, 3.8) is 0 Å². The fraction of sp³-hybridized carbons (Fsp3) is 0.917. The molecule has 3 atom stereocenters. The van der Waals surface area contributed by atoms with E-state index in [0.717, 1.165) is 19.5 Å². The van der Waals surface area contributed by atoms with Gasteiger partial charge in [0.15, 0.2) is 0 Å². The second-order valence-corrected chi connectivity index (χ2v) is 5.59. The maximum Gasteiger partial charge on any atom is 0.223 e. The molecular weight excluding hydrogens is 224 g/mol. The van der Waals surface area contributed by atoms with Gasteiger partial charge in [-0.2, -0.15) is 0 Å². The first-order valence-electron chi connectivity index (χ1n) is 6.06. The Hall–Kier alpha value is -0.280. The normalized spacial score (nSPS) is 33.6. The van der Waals surface area contributed by atoms with Crippen LogP contribution in [0.4, 0.5) is 0 Å². The first kappa shape index (κ1) is 13.8. The van der Waals surface area contributed by atoms with E-state index in [2.05, 4.69) is 31.4 Å². The first-order chi connectivity index (χ1) is 7.05. The van der Waals surface area contributed by atoms with Gasteiger partial charge in [-0.05, 0) is 37.6 Å². The van der Waals surface area contributed by atoms with Gasteiger partial charge in [0, 0.05) is 18.5 Å². The lowest BCUT2D eigenvalue weighted by molar-refractivity contribution is -0.123. The van der Waals surface area contributed by atoms with Crippen LogP contribution in [0.25, 0.3) is 0 Å². The third kappa shape index (κ3) is 2.51. The van der Waals surface area contributed by atoms with E-state index in [1.165, 1.54) is 6.42 Å². The molecule has 3 unspecified atom stereocenters. The molecule has 0 radical (unpaired) electrons. The van der Waals surface area contributed by atoms with Crippen molar-refractivity contribution in [3.05, 3.63) is 0 Å². The van der Waals surface area contributed by atoms with Crippen LogP contribution < -0.4 is 10.6 Å². The maximum absolute atomic E-state index is 11.9. The van der Waals surface area contributed by atoms with Crippen molar-refractivity contribution in [2.24, 2.45) is 17.3 Å². The van der Waals surface area contributed by atoms with Crippen molar-refractivity contribution in [2.45, 2.75) is 39.7 Å². The molecule has 1 heterocycles. The van der Waals surface area contributed by atoms with Gasteiger partial charge in [0.2, 0.25) is 5.91 Å². The Bertz CT molecular complexity index is 262. The number of carbonyl (C=O) groups excluding carboxylic acids is 1. The maximum atomic E-state index is 11.9. The molecule has 0 aromatic heterocycles. The van der Waals surface area contributed by atoms with Crippen LogP contribution in [0.5, 0.6) is 0 Å². The molecule has 1 saturated carbocycles. The third-order valence-corrected chi connectivity index (χ3v) is 4.15. The van der Waals surface area contributed by atoms with Gasteiger partial charge in [-0.1, -0.05) is 13.8 Å². The van der Waals surface area contributed by atoms with Crippen molar-refractivity contribution < 1.29 is 4.79 Å². The summed E-state index contributed by atoms with van der Waals surface area (Å²) in [5.41, 5.74) is 0.334. The van der Waals surface area contributed by atoms with E-state index >= 15 is 0 Å². The number of carbonyl (C=O) groups is 1. The molecule has 1 amide bonds. The standard InChI is InChI=1S/C12H22N2O.ClH/c1-8(2)9(3)14-11(15)10-6-12(10)4-5-13-7-12;/h8-10,13H,4-7H2,1-3H3,(H,14,15);1H. The molecule has 0 aromatic rings. The number of rotatable bonds is 3. The van der Waals surface area contributed by atoms with Crippen molar-refractivity contribution in [3.8, 4) is 0 Å². The minimum absolute atomic E-state index is 0. The Morgan fingerprint density at radius 3 is 2.62 bits per heavy atom. The van der Waals surface area contributed by atoms with Gasteiger partial charge < -0.3 is 10.6 Å². The monoisotopic (exact) mass is 246 g/mol. The van der Waals surface area contributed by atoms with Crippen molar-refractivity contribution >= 4 is 18.3 Å². The number of hydrogen-bond donors (Lipinski definition) is 2. The summed E-state index contributed by atoms with van der Waals surface area (Å²) < 4.78 is 0. The largest absolute Gasteiger partial charge is 0.353 e. The highest BCUT2D eigenvalue weighted by Crippen LogP contribution is 2.56. The van der Waals surface area contributed by atoms with Gasteiger partial charge >= 0.3 is 0 Å². The summed E-state index contributed by atoms with van der Waals surface area (Å²) in [4.78, 5) is 11.9. The van der Waals surface area contributed by atoms with Crippen LogP contribution in [0.15, 0.2) is 0 Å². The van der Waals surface area contributed by atoms with Crippen LogP contribution in [0, 0.1) is 17.3 Å². The number of nitrogens with one attached hydrogen (secondary N) is 2. The van der Waals surface area contributed by atoms with E-state index < -0.39 is 0 Å². The van der Waals surface area contributed by atoms with Crippen molar-refractivity contribution in [1.82, 2.24) is 10.6 Å². The topological polar surface area (TPSA) is 41.1 Å². The molecule has 1 aliphatic carbocycles. The Morgan fingerprint density at radius 1 is 1.44 bits per heavy atom. The minimum atomic E-state index is 0. The molecule has 4 heteroatoms. The molecule has 1 spiro atoms. The predicted molar refractivity (Wildman–Crippen MR) is 67.7 cm³/mol. The number of hydrogen-bond acceptors (Lipinski definition) is 2. The summed E-state index contributed by atoms with van der Waals surface area (Å²) in [5.74, 6) is 1.08. The molecule has 1 aliphatic heterocycles. The average molecular weight is 247 g/mol. The van der Waals surface area contributed by atoms with Gasteiger partial charge in [0.1, 0.15) is 0 Å². The molecule has 3 nitrogen and oxygen atoms in total. The minimum Gasteiger partial charge on any atom is -0.353 e. The van der Waals surface area contributed by atoms with Crippen LogP contribution in [-0.4, -0.2) is 25.0 Å². The lowest BCUT2D eigenvalue weighted by Crippen LogP contribution is -2.38. The molecular formula is C12H23ClN2O. The average Bonchev–Trinajstić information content (AvgIpc) is 2.65. The Kier molecular flexibility index (Phi) is 4.24. The molecule has 0 bridgehead atoms. The summed E-state index contributed by atoms with van der Waals surface area (Å²) >= 11 is 0. The second kappa shape index (κ2) is 4.92. The molecule has 1 saturated heterocycles. The second-order valence-electron chi connectivity index (χ2n) is 5.59. The molecule has 2 aliphatic rings. The summed E-state index contributed by atoms with van der Waals surface area (Å²) in [6, 6.07) is 0.296. The summed E-state index contributed by atoms with van der Waals surface area (Å²) in [5, 5.41) is 6.48. The molecule has 2 rings (SSSR count). The Morgan fingerprint density at radius 2 is 2.12 bits per heavy atom. The fourth-order valence-electron chi connectivity index (χ4n) is 2.44. The van der Waals surface area contributed by atoms with Gasteiger partial charge in [-0.3, -0.25) is 4.79 Å². The van der Waals surface area contributed by atoms with Crippen LogP contribution in [0.1, 0.15) is 33.6 Å². The van der Waals surface area contributed by atoms with Crippen LogP contribution in [0.3, 0.4) is 0 Å². The molecule has 2 fully saturated rings. The Labute approximate surface area is 104 Å². The third-order valence-electron chi connectivity index (χ3n) is 4.15. The quantitative estimate of drug-likeness (QED) is 0.794. The van der Waals surface area contributed by atoms with E-state index in [0.29, 0.717) is 17.4 Å². The van der Waals surface area contributed by atoms with Crippen LogP contribution >= 0.6 is 12.4 Å². The Balaban J connectivity index is 0.00000128. The van der Waals surface area contributed by atoms with E-state index in [9.17, 15) is 4.79 Å². The van der Waals surface area contributed by atoms with E-state index in [1.807, 2.05) is 0 Å². The first-order valence-corrected chi connectivity index (χ1v) is 6.06. The molecule has 94 valence electrons. The molecule has 0 aromatic carbocycles. The van der Waals surface area contributed by atoms with Gasteiger partial charge in [0.05, 0.1) is 0 Å². The van der Waals surface area contributed by atoms with Gasteiger partial charge in [-0.25, -0.2) is 0 Å². The number of amides is 1. The zero-order chi connectivity index (χ0) is 11.1. The van der Waals surface area contributed by atoms with E-state index in [4.69, 9.17) is 0 Å². The smallest absolute Gasteiger partial charge is 0.223 e. The van der Waals surface area contributed by atoms with Crippen LogP contribution in [-0.2, 0) is 4.79 Å². The van der Waals surface area contributed by atoms with E-state index in [-0.39, 0.29) is 24.2 Å². The fourth-order valence-corrected chi connectivity index (χ4v) is 2.44. The summed E-state index contributed by atoms with van der Waals surface area (Å²) in [6.45, 7) is 8.50. The highest BCUT2D eigenvalue weighted by atomic mass is 35.5. The molecule has 16 heavy (non-hydrogen) atoms.